The zero-order valence-corrected chi connectivity index (χ0v) is 16.0. The molecule has 0 unspecified atom stereocenters. The Labute approximate surface area is 154 Å². The summed E-state index contributed by atoms with van der Waals surface area (Å²) in [5.74, 6) is 1.23. The van der Waals surface area contributed by atoms with E-state index in [4.69, 9.17) is 0 Å². The second kappa shape index (κ2) is 11.9. The number of aliphatic imine (C=N–C) groups is 1. The van der Waals surface area contributed by atoms with Crippen molar-refractivity contribution in [3.8, 4) is 0 Å². The van der Waals surface area contributed by atoms with Gasteiger partial charge in [0.1, 0.15) is 0 Å². The van der Waals surface area contributed by atoms with Crippen molar-refractivity contribution in [2.24, 2.45) is 10.9 Å². The van der Waals surface area contributed by atoms with Crippen LogP contribution in [0.5, 0.6) is 0 Å². The number of hydrogen-bond donors (Lipinski definition) is 2. The van der Waals surface area contributed by atoms with Crippen LogP contribution in [0.25, 0.3) is 0 Å². The van der Waals surface area contributed by atoms with Crippen LogP contribution in [-0.2, 0) is 0 Å². The van der Waals surface area contributed by atoms with E-state index < -0.39 is 12.7 Å². The molecule has 1 fully saturated rings. The van der Waals surface area contributed by atoms with E-state index in [1.807, 2.05) is 6.92 Å². The van der Waals surface area contributed by atoms with E-state index in [1.54, 1.807) is 6.08 Å². The minimum atomic E-state index is -4.09. The summed E-state index contributed by atoms with van der Waals surface area (Å²) in [6.45, 7) is 8.06. The highest BCUT2D eigenvalue weighted by Crippen LogP contribution is 2.24. The highest BCUT2D eigenvalue weighted by Gasteiger charge is 2.32. The molecule has 1 aliphatic rings. The first-order valence-corrected chi connectivity index (χ1v) is 7.86. The van der Waals surface area contributed by atoms with Gasteiger partial charge in [-0.2, -0.15) is 13.2 Å². The van der Waals surface area contributed by atoms with Gasteiger partial charge in [-0.1, -0.05) is 6.08 Å². The van der Waals surface area contributed by atoms with Crippen LogP contribution >= 0.6 is 24.0 Å². The zero-order chi connectivity index (χ0) is 16.4. The number of guanidine groups is 1. The highest BCUT2D eigenvalue weighted by molar-refractivity contribution is 14.0. The number of likely N-dealkylation sites (tertiary alicyclic amines) is 1. The SMILES string of the molecule is C=CCNC(=NCCC1CCN(CC(F)(F)F)CC1)NCC.I. The molecule has 0 spiro atoms. The molecule has 0 aromatic rings. The van der Waals surface area contributed by atoms with Crippen molar-refractivity contribution >= 4 is 29.9 Å². The molecule has 0 radical (unpaired) electrons. The van der Waals surface area contributed by atoms with E-state index in [-0.39, 0.29) is 24.0 Å². The van der Waals surface area contributed by atoms with E-state index >= 15 is 0 Å². The first-order valence-electron chi connectivity index (χ1n) is 7.86. The Morgan fingerprint density at radius 1 is 1.30 bits per heavy atom. The molecule has 0 bridgehead atoms. The maximum atomic E-state index is 12.3. The van der Waals surface area contributed by atoms with E-state index in [0.29, 0.717) is 32.1 Å². The number of rotatable bonds is 7. The van der Waals surface area contributed by atoms with Crippen LogP contribution < -0.4 is 10.6 Å². The normalized spacial score (nSPS) is 17.5. The molecule has 1 saturated heterocycles. The fourth-order valence-electron chi connectivity index (χ4n) is 2.56. The summed E-state index contributed by atoms with van der Waals surface area (Å²) in [5, 5.41) is 6.27. The van der Waals surface area contributed by atoms with Crippen molar-refractivity contribution < 1.29 is 13.2 Å². The number of alkyl halides is 3. The maximum Gasteiger partial charge on any atom is 0.401 e. The Kier molecular flexibility index (Phi) is 11.7. The number of piperidine rings is 1. The number of nitrogens with one attached hydrogen (secondary N) is 2. The van der Waals surface area contributed by atoms with Gasteiger partial charge in [0.25, 0.3) is 0 Å². The van der Waals surface area contributed by atoms with Gasteiger partial charge in [0.05, 0.1) is 6.54 Å². The standard InChI is InChI=1S/C15H27F3N4.HI/c1-3-8-20-14(19-4-2)21-9-5-13-6-10-22(11-7-13)12-15(16,17)18;/h3,13H,1,4-12H2,2H3,(H2,19,20,21);1H. The quantitative estimate of drug-likeness (QED) is 0.272. The molecule has 1 rings (SSSR count). The van der Waals surface area contributed by atoms with Gasteiger partial charge in [-0.25, -0.2) is 0 Å². The zero-order valence-electron chi connectivity index (χ0n) is 13.7. The van der Waals surface area contributed by atoms with Crippen molar-refractivity contribution in [3.05, 3.63) is 12.7 Å². The largest absolute Gasteiger partial charge is 0.401 e. The van der Waals surface area contributed by atoms with Crippen LogP contribution in [0.1, 0.15) is 26.2 Å². The summed E-state index contributed by atoms with van der Waals surface area (Å²) in [6.07, 6.45) is 0.243. The minimum absolute atomic E-state index is 0. The van der Waals surface area contributed by atoms with Crippen molar-refractivity contribution in [2.75, 3.05) is 39.3 Å². The molecule has 23 heavy (non-hydrogen) atoms. The number of halogens is 4. The monoisotopic (exact) mass is 448 g/mol. The summed E-state index contributed by atoms with van der Waals surface area (Å²) in [5.41, 5.74) is 0. The topological polar surface area (TPSA) is 39.7 Å². The van der Waals surface area contributed by atoms with Crippen molar-refractivity contribution in [2.45, 2.75) is 32.4 Å². The molecular formula is C15H28F3IN4. The third kappa shape index (κ3) is 10.8. The summed E-state index contributed by atoms with van der Waals surface area (Å²) >= 11 is 0. The van der Waals surface area contributed by atoms with Crippen LogP contribution in [0.4, 0.5) is 13.2 Å². The molecule has 0 atom stereocenters. The van der Waals surface area contributed by atoms with Crippen molar-refractivity contribution in [1.82, 2.24) is 15.5 Å². The lowest BCUT2D eigenvalue weighted by Crippen LogP contribution is -2.40. The molecule has 0 aromatic heterocycles. The van der Waals surface area contributed by atoms with Crippen LogP contribution in [0, 0.1) is 5.92 Å². The van der Waals surface area contributed by atoms with Gasteiger partial charge in [-0.15, -0.1) is 30.6 Å². The van der Waals surface area contributed by atoms with Gasteiger partial charge < -0.3 is 10.6 Å². The third-order valence-electron chi connectivity index (χ3n) is 3.68. The highest BCUT2D eigenvalue weighted by atomic mass is 127. The Balaban J connectivity index is 0.00000484. The number of hydrogen-bond acceptors (Lipinski definition) is 2. The second-order valence-electron chi connectivity index (χ2n) is 5.55. The lowest BCUT2D eigenvalue weighted by atomic mass is 9.93. The molecule has 0 aromatic carbocycles. The fraction of sp³-hybridized carbons (Fsp3) is 0.800. The Morgan fingerprint density at radius 3 is 2.48 bits per heavy atom. The molecular weight excluding hydrogens is 420 g/mol. The second-order valence-corrected chi connectivity index (χ2v) is 5.55. The van der Waals surface area contributed by atoms with E-state index in [2.05, 4.69) is 22.2 Å². The molecule has 1 aliphatic heterocycles. The van der Waals surface area contributed by atoms with Gasteiger partial charge in [-0.05, 0) is 45.2 Å². The molecule has 8 heteroatoms. The van der Waals surface area contributed by atoms with Crippen LogP contribution in [-0.4, -0.2) is 56.3 Å². The van der Waals surface area contributed by atoms with Gasteiger partial charge in [0.2, 0.25) is 0 Å². The van der Waals surface area contributed by atoms with Crippen LogP contribution in [0.2, 0.25) is 0 Å². The maximum absolute atomic E-state index is 12.3. The molecule has 136 valence electrons. The van der Waals surface area contributed by atoms with Crippen LogP contribution in [0.3, 0.4) is 0 Å². The van der Waals surface area contributed by atoms with Gasteiger partial charge >= 0.3 is 6.18 Å². The lowest BCUT2D eigenvalue weighted by Gasteiger charge is -2.32. The summed E-state index contributed by atoms with van der Waals surface area (Å²) in [6, 6.07) is 0. The average Bonchev–Trinajstić information content (AvgIpc) is 2.45. The van der Waals surface area contributed by atoms with E-state index in [1.165, 1.54) is 4.90 Å². The molecule has 4 nitrogen and oxygen atoms in total. The first-order chi connectivity index (χ1) is 10.4. The summed E-state index contributed by atoms with van der Waals surface area (Å²) in [4.78, 5) is 5.97. The molecule has 0 saturated carbocycles. The third-order valence-corrected chi connectivity index (χ3v) is 3.68. The Morgan fingerprint density at radius 2 is 1.96 bits per heavy atom. The van der Waals surface area contributed by atoms with Gasteiger partial charge in [0.15, 0.2) is 5.96 Å². The van der Waals surface area contributed by atoms with Gasteiger partial charge in [0, 0.05) is 19.6 Å². The Hall–Kier alpha value is -0.510. The first kappa shape index (κ1) is 22.5. The van der Waals surface area contributed by atoms with Crippen molar-refractivity contribution in [1.29, 1.82) is 0 Å². The summed E-state index contributed by atoms with van der Waals surface area (Å²) in [7, 11) is 0. The fourth-order valence-corrected chi connectivity index (χ4v) is 2.56. The van der Waals surface area contributed by atoms with Gasteiger partial charge in [-0.3, -0.25) is 9.89 Å². The minimum Gasteiger partial charge on any atom is -0.357 e. The molecule has 0 aliphatic carbocycles. The van der Waals surface area contributed by atoms with E-state index in [0.717, 1.165) is 31.8 Å². The Bertz CT molecular complexity index is 353. The van der Waals surface area contributed by atoms with Crippen molar-refractivity contribution in [3.63, 3.8) is 0 Å². The lowest BCUT2D eigenvalue weighted by molar-refractivity contribution is -0.148. The average molecular weight is 448 g/mol. The van der Waals surface area contributed by atoms with E-state index in [9.17, 15) is 13.2 Å². The number of nitrogens with zero attached hydrogens (tertiary/aromatic N) is 2. The summed E-state index contributed by atoms with van der Waals surface area (Å²) < 4.78 is 37.0. The molecule has 2 N–H and O–H groups in total. The predicted octanol–water partition coefficient (Wildman–Crippen LogP) is 3.01. The smallest absolute Gasteiger partial charge is 0.357 e. The molecule has 0 amide bonds. The van der Waals surface area contributed by atoms with Crippen LogP contribution in [0.15, 0.2) is 17.6 Å². The predicted molar refractivity (Wildman–Crippen MR) is 99.4 cm³/mol. The molecule has 1 heterocycles.